The second-order valence-corrected chi connectivity index (χ2v) is 6.10. The molecule has 1 aliphatic heterocycles. The average Bonchev–Trinajstić information content (AvgIpc) is 3.20. The highest BCUT2D eigenvalue weighted by Crippen LogP contribution is 2.31. The Morgan fingerprint density at radius 2 is 1.60 bits per heavy atom. The summed E-state index contributed by atoms with van der Waals surface area (Å²) in [6, 6.07) is 13.0. The minimum absolute atomic E-state index is 0.194. The van der Waals surface area contributed by atoms with Crippen LogP contribution >= 0.6 is 11.6 Å². The molecule has 1 atom stereocenters. The van der Waals surface area contributed by atoms with E-state index in [1.165, 1.54) is 0 Å². The van der Waals surface area contributed by atoms with E-state index in [9.17, 15) is 9.59 Å². The van der Waals surface area contributed by atoms with Gasteiger partial charge in [-0.1, -0.05) is 28.9 Å². The highest BCUT2D eigenvalue weighted by Gasteiger charge is 2.40. The topological polar surface area (TPSA) is 76.3 Å². The number of carbonyl (C=O) groups excluding carboxylic acids is 2. The Morgan fingerprint density at radius 3 is 2.20 bits per heavy atom. The number of benzene rings is 2. The molecule has 0 bridgehead atoms. The molecule has 25 heavy (non-hydrogen) atoms. The van der Waals surface area contributed by atoms with Crippen LogP contribution in [0.5, 0.6) is 0 Å². The Kier molecular flexibility index (Phi) is 3.62. The number of hydrogen-bond acceptors (Lipinski definition) is 5. The van der Waals surface area contributed by atoms with E-state index in [2.05, 4.69) is 10.1 Å². The third-order valence-electron chi connectivity index (χ3n) is 4.11. The van der Waals surface area contributed by atoms with E-state index >= 15 is 0 Å². The zero-order valence-electron chi connectivity index (χ0n) is 13.1. The van der Waals surface area contributed by atoms with Crippen LogP contribution in [0.3, 0.4) is 0 Å². The molecule has 2 heterocycles. The van der Waals surface area contributed by atoms with Crippen molar-refractivity contribution < 1.29 is 14.1 Å². The van der Waals surface area contributed by atoms with Crippen LogP contribution < -0.4 is 0 Å². The van der Waals surface area contributed by atoms with E-state index in [-0.39, 0.29) is 17.7 Å². The maximum atomic E-state index is 12.5. The summed E-state index contributed by atoms with van der Waals surface area (Å²) in [4.78, 5) is 30.5. The maximum Gasteiger partial charge on any atom is 0.262 e. The van der Waals surface area contributed by atoms with Gasteiger partial charge in [0.1, 0.15) is 6.04 Å². The van der Waals surface area contributed by atoms with Gasteiger partial charge in [0.05, 0.1) is 11.1 Å². The molecule has 0 spiro atoms. The van der Waals surface area contributed by atoms with Gasteiger partial charge in [-0.3, -0.25) is 14.5 Å². The van der Waals surface area contributed by atoms with Gasteiger partial charge in [0.15, 0.2) is 0 Å². The number of aromatic nitrogens is 2. The van der Waals surface area contributed by atoms with Crippen molar-refractivity contribution in [2.24, 2.45) is 0 Å². The first kappa shape index (κ1) is 15.5. The summed E-state index contributed by atoms with van der Waals surface area (Å²) >= 11 is 5.87. The van der Waals surface area contributed by atoms with Gasteiger partial charge in [-0.2, -0.15) is 4.98 Å². The van der Waals surface area contributed by atoms with E-state index in [1.54, 1.807) is 55.5 Å². The molecule has 2 amide bonds. The summed E-state index contributed by atoms with van der Waals surface area (Å²) < 4.78 is 5.28. The second-order valence-electron chi connectivity index (χ2n) is 5.66. The fourth-order valence-electron chi connectivity index (χ4n) is 2.79. The molecule has 4 rings (SSSR count). The summed E-state index contributed by atoms with van der Waals surface area (Å²) in [6.07, 6.45) is 0. The molecule has 0 radical (unpaired) electrons. The van der Waals surface area contributed by atoms with E-state index in [1.807, 2.05) is 0 Å². The molecule has 0 saturated heterocycles. The number of rotatable bonds is 3. The second kappa shape index (κ2) is 5.82. The maximum absolute atomic E-state index is 12.5. The highest BCUT2D eigenvalue weighted by molar-refractivity contribution is 6.30. The quantitative estimate of drug-likeness (QED) is 0.670. The zero-order chi connectivity index (χ0) is 17.6. The molecule has 2 aromatic carbocycles. The molecule has 0 saturated carbocycles. The Hall–Kier alpha value is -2.99. The highest BCUT2D eigenvalue weighted by atomic mass is 35.5. The summed E-state index contributed by atoms with van der Waals surface area (Å²) in [7, 11) is 0. The third kappa shape index (κ3) is 2.51. The van der Waals surface area contributed by atoms with Gasteiger partial charge in [-0.15, -0.1) is 0 Å². The lowest BCUT2D eigenvalue weighted by Crippen LogP contribution is -2.32. The van der Waals surface area contributed by atoms with Crippen LogP contribution in [0, 0.1) is 0 Å². The lowest BCUT2D eigenvalue weighted by Gasteiger charge is -2.18. The normalized spacial score (nSPS) is 14.7. The molecule has 6 nitrogen and oxygen atoms in total. The molecule has 1 aliphatic rings. The van der Waals surface area contributed by atoms with Gasteiger partial charge in [0.25, 0.3) is 11.8 Å². The zero-order valence-corrected chi connectivity index (χ0v) is 13.9. The smallest absolute Gasteiger partial charge is 0.262 e. The third-order valence-corrected chi connectivity index (χ3v) is 4.37. The number of halogens is 1. The van der Waals surface area contributed by atoms with Crippen LogP contribution in [0.15, 0.2) is 53.1 Å². The number of fused-ring (bicyclic) bond motifs is 1. The summed E-state index contributed by atoms with van der Waals surface area (Å²) in [5.74, 6) is -0.159. The SMILES string of the molecule is C[C@H](c1nc(-c2ccc(Cl)cc2)no1)N1C(=O)c2ccccc2C1=O. The molecule has 1 aromatic heterocycles. The van der Waals surface area contributed by atoms with Gasteiger partial charge in [-0.25, -0.2) is 0 Å². The molecule has 0 fully saturated rings. The van der Waals surface area contributed by atoms with E-state index in [0.29, 0.717) is 22.0 Å². The van der Waals surface area contributed by atoms with Gasteiger partial charge in [-0.05, 0) is 43.3 Å². The Balaban J connectivity index is 1.64. The van der Waals surface area contributed by atoms with Crippen molar-refractivity contribution in [2.75, 3.05) is 0 Å². The minimum atomic E-state index is -0.666. The Bertz CT molecular complexity index is 946. The molecular formula is C18H12ClN3O3. The van der Waals surface area contributed by atoms with Crippen LogP contribution in [0.1, 0.15) is 39.6 Å². The summed E-state index contributed by atoms with van der Waals surface area (Å²) in [6.45, 7) is 1.68. The van der Waals surface area contributed by atoms with E-state index in [0.717, 1.165) is 10.5 Å². The van der Waals surface area contributed by atoms with Crippen LogP contribution in [0.4, 0.5) is 0 Å². The first-order chi connectivity index (χ1) is 12.1. The first-order valence-corrected chi connectivity index (χ1v) is 8.00. The minimum Gasteiger partial charge on any atom is -0.337 e. The van der Waals surface area contributed by atoms with Crippen molar-refractivity contribution in [3.63, 3.8) is 0 Å². The number of nitrogens with zero attached hydrogens (tertiary/aromatic N) is 3. The van der Waals surface area contributed by atoms with Crippen LogP contribution in [-0.4, -0.2) is 26.9 Å². The fraction of sp³-hybridized carbons (Fsp3) is 0.111. The molecule has 0 aliphatic carbocycles. The largest absolute Gasteiger partial charge is 0.337 e. The van der Waals surface area contributed by atoms with Crippen molar-refractivity contribution in [2.45, 2.75) is 13.0 Å². The Morgan fingerprint density at radius 1 is 1.00 bits per heavy atom. The predicted octanol–water partition coefficient (Wildman–Crippen LogP) is 3.75. The predicted molar refractivity (Wildman–Crippen MR) is 90.1 cm³/mol. The van der Waals surface area contributed by atoms with Crippen LogP contribution in [0.25, 0.3) is 11.4 Å². The monoisotopic (exact) mass is 353 g/mol. The van der Waals surface area contributed by atoms with Gasteiger partial charge in [0, 0.05) is 10.6 Å². The molecule has 124 valence electrons. The lowest BCUT2D eigenvalue weighted by atomic mass is 10.1. The Labute approximate surface area is 148 Å². The van der Waals surface area contributed by atoms with Crippen molar-refractivity contribution >= 4 is 23.4 Å². The number of imide groups is 1. The van der Waals surface area contributed by atoms with E-state index < -0.39 is 6.04 Å². The number of carbonyl (C=O) groups is 2. The summed E-state index contributed by atoms with van der Waals surface area (Å²) in [5.41, 5.74) is 1.50. The number of hydrogen-bond donors (Lipinski definition) is 0. The summed E-state index contributed by atoms with van der Waals surface area (Å²) in [5, 5.41) is 4.53. The molecule has 7 heteroatoms. The van der Waals surface area contributed by atoms with E-state index in [4.69, 9.17) is 16.1 Å². The van der Waals surface area contributed by atoms with Crippen LogP contribution in [0.2, 0.25) is 5.02 Å². The van der Waals surface area contributed by atoms with Gasteiger partial charge < -0.3 is 4.52 Å². The molecular weight excluding hydrogens is 342 g/mol. The molecule has 0 N–H and O–H groups in total. The van der Waals surface area contributed by atoms with Crippen molar-refractivity contribution in [3.8, 4) is 11.4 Å². The fourth-order valence-corrected chi connectivity index (χ4v) is 2.92. The number of amides is 2. The van der Waals surface area contributed by atoms with Crippen molar-refractivity contribution in [1.82, 2.24) is 15.0 Å². The van der Waals surface area contributed by atoms with Crippen molar-refractivity contribution in [3.05, 3.63) is 70.6 Å². The first-order valence-electron chi connectivity index (χ1n) is 7.62. The average molecular weight is 354 g/mol. The van der Waals surface area contributed by atoms with Crippen molar-refractivity contribution in [1.29, 1.82) is 0 Å². The van der Waals surface area contributed by atoms with Gasteiger partial charge >= 0.3 is 0 Å². The molecule has 3 aromatic rings. The standard InChI is InChI=1S/C18H12ClN3O3/c1-10(22-17(23)13-4-2-3-5-14(13)18(22)24)16-20-15(21-25-16)11-6-8-12(19)9-7-11/h2-10H,1H3/t10-/m1/s1. The lowest BCUT2D eigenvalue weighted by molar-refractivity contribution is 0.0568. The molecule has 0 unspecified atom stereocenters. The van der Waals surface area contributed by atoms with Gasteiger partial charge in [0.2, 0.25) is 11.7 Å². The van der Waals surface area contributed by atoms with Crippen LogP contribution in [-0.2, 0) is 0 Å².